The van der Waals surface area contributed by atoms with Crippen molar-refractivity contribution >= 4 is 5.91 Å². The molecule has 86 valence electrons. The van der Waals surface area contributed by atoms with Crippen LogP contribution in [0.15, 0.2) is 0 Å². The fourth-order valence-corrected chi connectivity index (χ4v) is 2.08. The first-order valence-corrected chi connectivity index (χ1v) is 5.11. The molecule has 0 aliphatic carbocycles. The molecule has 0 spiro atoms. The van der Waals surface area contributed by atoms with E-state index >= 15 is 0 Å². The maximum atomic E-state index is 11.5. The summed E-state index contributed by atoms with van der Waals surface area (Å²) in [4.78, 5) is 16.8. The summed E-state index contributed by atoms with van der Waals surface area (Å²) in [5.41, 5.74) is 2.72. The van der Waals surface area contributed by atoms with Crippen LogP contribution in [-0.2, 0) is 14.4 Å². The predicted octanol–water partition coefficient (Wildman–Crippen LogP) is -1.60. The maximum Gasteiger partial charge on any atom is 0.239 e. The van der Waals surface area contributed by atoms with E-state index in [2.05, 4.69) is 10.8 Å². The first kappa shape index (κ1) is 10.8. The van der Waals surface area contributed by atoms with Gasteiger partial charge in [-0.25, -0.2) is 0 Å². The maximum absolute atomic E-state index is 11.5. The topological polar surface area (TPSA) is 79.8 Å². The lowest BCUT2D eigenvalue weighted by Crippen LogP contribution is -2.47. The lowest BCUT2D eigenvalue weighted by atomic mass is 9.90. The van der Waals surface area contributed by atoms with Crippen molar-refractivity contribution in [2.45, 2.75) is 24.7 Å². The number of carbonyl (C=O) groups is 1. The van der Waals surface area contributed by atoms with Crippen molar-refractivity contribution in [2.24, 2.45) is 5.92 Å². The van der Waals surface area contributed by atoms with Crippen molar-refractivity contribution in [1.29, 1.82) is 0 Å². The van der Waals surface area contributed by atoms with Crippen LogP contribution in [0, 0.1) is 5.92 Å². The van der Waals surface area contributed by atoms with Crippen LogP contribution in [0.3, 0.4) is 0 Å². The Morgan fingerprint density at radius 3 is 3.13 bits per heavy atom. The average Bonchev–Trinajstić information content (AvgIpc) is 2.70. The number of nitrogens with one attached hydrogen (secondary N) is 2. The molecule has 2 saturated heterocycles. The lowest BCUT2D eigenvalue weighted by molar-refractivity contribution is -0.125. The van der Waals surface area contributed by atoms with E-state index in [1.807, 2.05) is 0 Å². The SMILES string of the molecule is CNC(=O)[C@H]1NO[C@@H]2C[C@@H](CO)OC[C@H]12. The van der Waals surface area contributed by atoms with Gasteiger partial charge in [0.25, 0.3) is 0 Å². The number of carbonyl (C=O) groups excluding carboxylic acids is 1. The summed E-state index contributed by atoms with van der Waals surface area (Å²) in [7, 11) is 1.59. The summed E-state index contributed by atoms with van der Waals surface area (Å²) >= 11 is 0. The molecule has 0 aromatic heterocycles. The minimum absolute atomic E-state index is 0.00276. The molecule has 0 aromatic rings. The van der Waals surface area contributed by atoms with E-state index in [-0.39, 0.29) is 36.7 Å². The highest BCUT2D eigenvalue weighted by Crippen LogP contribution is 2.29. The smallest absolute Gasteiger partial charge is 0.239 e. The van der Waals surface area contributed by atoms with Gasteiger partial charge in [0.15, 0.2) is 0 Å². The summed E-state index contributed by atoms with van der Waals surface area (Å²) in [6.07, 6.45) is 0.413. The highest BCUT2D eigenvalue weighted by molar-refractivity contribution is 5.82. The molecule has 0 radical (unpaired) electrons. The molecule has 1 amide bonds. The van der Waals surface area contributed by atoms with Gasteiger partial charge in [-0.1, -0.05) is 0 Å². The van der Waals surface area contributed by atoms with Crippen molar-refractivity contribution in [3.05, 3.63) is 0 Å². The Balaban J connectivity index is 1.98. The second-order valence-corrected chi connectivity index (χ2v) is 3.90. The minimum atomic E-state index is -0.348. The van der Waals surface area contributed by atoms with Crippen molar-refractivity contribution in [3.8, 4) is 0 Å². The number of amides is 1. The normalized spacial score (nSPS) is 39.9. The van der Waals surface area contributed by atoms with Crippen LogP contribution >= 0.6 is 0 Å². The second kappa shape index (κ2) is 4.44. The Hall–Kier alpha value is -0.690. The molecule has 0 aromatic carbocycles. The number of ether oxygens (including phenoxy) is 1. The molecule has 0 bridgehead atoms. The number of hydrogen-bond donors (Lipinski definition) is 3. The molecule has 2 heterocycles. The number of rotatable bonds is 2. The molecule has 4 atom stereocenters. The van der Waals surface area contributed by atoms with Gasteiger partial charge in [0.1, 0.15) is 6.04 Å². The lowest BCUT2D eigenvalue weighted by Gasteiger charge is -2.30. The van der Waals surface area contributed by atoms with E-state index in [9.17, 15) is 4.79 Å². The Morgan fingerprint density at radius 2 is 2.47 bits per heavy atom. The van der Waals surface area contributed by atoms with Gasteiger partial charge in [0.05, 0.1) is 25.4 Å². The summed E-state index contributed by atoms with van der Waals surface area (Å²) in [6, 6.07) is -0.348. The van der Waals surface area contributed by atoms with Crippen molar-refractivity contribution < 1.29 is 19.5 Å². The zero-order chi connectivity index (χ0) is 10.8. The van der Waals surface area contributed by atoms with Gasteiger partial charge in [0, 0.05) is 19.4 Å². The zero-order valence-corrected chi connectivity index (χ0v) is 8.60. The predicted molar refractivity (Wildman–Crippen MR) is 50.8 cm³/mol. The molecule has 0 saturated carbocycles. The first-order chi connectivity index (χ1) is 7.26. The fraction of sp³-hybridized carbons (Fsp3) is 0.889. The molecule has 2 aliphatic rings. The van der Waals surface area contributed by atoms with Gasteiger partial charge < -0.3 is 15.2 Å². The third kappa shape index (κ3) is 1.98. The van der Waals surface area contributed by atoms with E-state index in [1.165, 1.54) is 0 Å². The number of aliphatic hydroxyl groups is 1. The summed E-state index contributed by atoms with van der Waals surface area (Å²) in [5.74, 6) is -0.0544. The van der Waals surface area contributed by atoms with Crippen LogP contribution in [0.1, 0.15) is 6.42 Å². The van der Waals surface area contributed by atoms with Gasteiger partial charge in [-0.2, -0.15) is 5.48 Å². The van der Waals surface area contributed by atoms with Crippen LogP contribution < -0.4 is 10.8 Å². The third-order valence-corrected chi connectivity index (χ3v) is 3.00. The van der Waals surface area contributed by atoms with Gasteiger partial charge in [-0.15, -0.1) is 0 Å². The molecule has 2 fully saturated rings. The minimum Gasteiger partial charge on any atom is -0.394 e. The van der Waals surface area contributed by atoms with E-state index in [1.54, 1.807) is 7.05 Å². The Kier molecular flexibility index (Phi) is 3.20. The second-order valence-electron chi connectivity index (χ2n) is 3.90. The number of hydrogen-bond acceptors (Lipinski definition) is 5. The van der Waals surface area contributed by atoms with E-state index < -0.39 is 0 Å². The molecule has 15 heavy (non-hydrogen) atoms. The van der Waals surface area contributed by atoms with E-state index in [0.29, 0.717) is 13.0 Å². The van der Waals surface area contributed by atoms with Crippen LogP contribution in [-0.4, -0.2) is 49.5 Å². The average molecular weight is 216 g/mol. The molecule has 3 N–H and O–H groups in total. The zero-order valence-electron chi connectivity index (χ0n) is 8.60. The van der Waals surface area contributed by atoms with Crippen LogP contribution in [0.4, 0.5) is 0 Å². The third-order valence-electron chi connectivity index (χ3n) is 3.00. The Bertz CT molecular complexity index is 248. The van der Waals surface area contributed by atoms with Crippen molar-refractivity contribution in [1.82, 2.24) is 10.8 Å². The summed E-state index contributed by atoms with van der Waals surface area (Å²) in [5, 5.41) is 11.5. The first-order valence-electron chi connectivity index (χ1n) is 5.11. The molecule has 6 heteroatoms. The van der Waals surface area contributed by atoms with Crippen molar-refractivity contribution in [3.63, 3.8) is 0 Å². The highest BCUT2D eigenvalue weighted by Gasteiger charge is 2.45. The highest BCUT2D eigenvalue weighted by atomic mass is 16.7. The van der Waals surface area contributed by atoms with Crippen LogP contribution in [0.25, 0.3) is 0 Å². The van der Waals surface area contributed by atoms with Gasteiger partial charge in [0.2, 0.25) is 5.91 Å². The summed E-state index contributed by atoms with van der Waals surface area (Å²) in [6.45, 7) is 0.443. The number of likely N-dealkylation sites (N-methyl/N-ethyl adjacent to an activating group) is 1. The van der Waals surface area contributed by atoms with Gasteiger partial charge in [-0.05, 0) is 0 Å². The number of hydroxylamine groups is 1. The quantitative estimate of drug-likeness (QED) is 0.518. The summed E-state index contributed by atoms with van der Waals surface area (Å²) < 4.78 is 5.42. The largest absolute Gasteiger partial charge is 0.394 e. The number of aliphatic hydroxyl groups excluding tert-OH is 1. The molecule has 2 rings (SSSR count). The Labute approximate surface area is 87.9 Å². The molecule has 2 aliphatic heterocycles. The molecular weight excluding hydrogens is 200 g/mol. The number of fused-ring (bicyclic) bond motifs is 1. The van der Waals surface area contributed by atoms with Gasteiger partial charge in [-0.3, -0.25) is 9.63 Å². The fourth-order valence-electron chi connectivity index (χ4n) is 2.08. The van der Waals surface area contributed by atoms with Gasteiger partial charge >= 0.3 is 0 Å². The van der Waals surface area contributed by atoms with Crippen LogP contribution in [0.2, 0.25) is 0 Å². The Morgan fingerprint density at radius 1 is 1.67 bits per heavy atom. The molecular formula is C9H16N2O4. The van der Waals surface area contributed by atoms with Crippen LogP contribution in [0.5, 0.6) is 0 Å². The monoisotopic (exact) mass is 216 g/mol. The molecule has 0 unspecified atom stereocenters. The van der Waals surface area contributed by atoms with E-state index in [4.69, 9.17) is 14.7 Å². The van der Waals surface area contributed by atoms with Crippen molar-refractivity contribution in [2.75, 3.05) is 20.3 Å². The van der Waals surface area contributed by atoms with E-state index in [0.717, 1.165) is 0 Å². The molecule has 6 nitrogen and oxygen atoms in total. The standard InChI is InChI=1S/C9H16N2O4/c1-10-9(13)8-6-4-14-5(3-12)2-7(6)15-11-8/h5-8,11-12H,2-4H2,1H3,(H,10,13)/t5-,6-,7+,8-/m0/s1.